The molecule has 0 atom stereocenters. The minimum absolute atomic E-state index is 0.0356. The molecule has 0 bridgehead atoms. The SMILES string of the molecule is O=C(O)CCCn1cc(C(=O)c2ccc([N+](=O)[O-])cc2)c(=O)c2ccccc21. The lowest BCUT2D eigenvalue weighted by Gasteiger charge is -2.13. The molecule has 0 fully saturated rings. The summed E-state index contributed by atoms with van der Waals surface area (Å²) in [4.78, 5) is 46.6. The van der Waals surface area contributed by atoms with E-state index in [1.54, 1.807) is 28.8 Å². The molecule has 3 rings (SSSR count). The van der Waals surface area contributed by atoms with Crippen LogP contribution in [0.1, 0.15) is 28.8 Å². The molecule has 0 aliphatic rings. The summed E-state index contributed by atoms with van der Waals surface area (Å²) in [5, 5.41) is 20.0. The van der Waals surface area contributed by atoms with E-state index in [0.29, 0.717) is 23.9 Å². The second kappa shape index (κ2) is 7.83. The Morgan fingerprint density at radius 3 is 2.39 bits per heavy atom. The highest BCUT2D eigenvalue weighted by Crippen LogP contribution is 2.17. The number of carboxylic acid groups (broad SMARTS) is 1. The van der Waals surface area contributed by atoms with E-state index in [-0.39, 0.29) is 23.2 Å². The smallest absolute Gasteiger partial charge is 0.303 e. The van der Waals surface area contributed by atoms with Crippen molar-refractivity contribution in [2.45, 2.75) is 19.4 Å². The monoisotopic (exact) mass is 380 g/mol. The van der Waals surface area contributed by atoms with Crippen LogP contribution in [0.2, 0.25) is 0 Å². The largest absolute Gasteiger partial charge is 0.481 e. The summed E-state index contributed by atoms with van der Waals surface area (Å²) in [6, 6.07) is 11.8. The van der Waals surface area contributed by atoms with Crippen molar-refractivity contribution in [3.05, 3.63) is 86.2 Å². The number of nitro benzene ring substituents is 1. The molecule has 1 N–H and O–H groups in total. The van der Waals surface area contributed by atoms with Crippen LogP contribution in [0.15, 0.2) is 59.5 Å². The van der Waals surface area contributed by atoms with Crippen LogP contribution in [0.5, 0.6) is 0 Å². The Labute approximate surface area is 158 Å². The van der Waals surface area contributed by atoms with Gasteiger partial charge in [0.2, 0.25) is 5.43 Å². The van der Waals surface area contributed by atoms with Crippen LogP contribution in [-0.2, 0) is 11.3 Å². The fourth-order valence-corrected chi connectivity index (χ4v) is 2.98. The van der Waals surface area contributed by atoms with Gasteiger partial charge < -0.3 is 9.67 Å². The summed E-state index contributed by atoms with van der Waals surface area (Å²) in [5.74, 6) is -1.47. The molecule has 0 saturated carbocycles. The van der Waals surface area contributed by atoms with Crippen LogP contribution in [0.25, 0.3) is 10.9 Å². The second-order valence-electron chi connectivity index (χ2n) is 6.21. The van der Waals surface area contributed by atoms with Crippen LogP contribution in [0.3, 0.4) is 0 Å². The van der Waals surface area contributed by atoms with Crippen molar-refractivity contribution in [1.29, 1.82) is 0 Å². The first-order valence-electron chi connectivity index (χ1n) is 8.51. The molecular formula is C20H16N2O6. The van der Waals surface area contributed by atoms with Crippen molar-refractivity contribution in [3.8, 4) is 0 Å². The first-order chi connectivity index (χ1) is 13.4. The topological polar surface area (TPSA) is 120 Å². The maximum atomic E-state index is 12.8. The molecule has 0 aliphatic heterocycles. The Morgan fingerprint density at radius 1 is 1.07 bits per heavy atom. The number of benzene rings is 2. The van der Waals surface area contributed by atoms with Crippen molar-refractivity contribution < 1.29 is 19.6 Å². The molecule has 0 saturated heterocycles. The molecule has 142 valence electrons. The van der Waals surface area contributed by atoms with Gasteiger partial charge in [0.25, 0.3) is 5.69 Å². The Bertz CT molecular complexity index is 1130. The van der Waals surface area contributed by atoms with Gasteiger partial charge in [0.1, 0.15) is 0 Å². The van der Waals surface area contributed by atoms with Gasteiger partial charge in [-0.05, 0) is 30.7 Å². The third-order valence-corrected chi connectivity index (χ3v) is 4.36. The number of hydrogen-bond donors (Lipinski definition) is 1. The number of carbonyl (C=O) groups is 2. The number of carboxylic acids is 1. The number of rotatable bonds is 7. The van der Waals surface area contributed by atoms with Gasteiger partial charge >= 0.3 is 5.97 Å². The van der Waals surface area contributed by atoms with E-state index >= 15 is 0 Å². The summed E-state index contributed by atoms with van der Waals surface area (Å²) < 4.78 is 1.69. The van der Waals surface area contributed by atoms with Gasteiger partial charge in [-0.1, -0.05) is 12.1 Å². The van der Waals surface area contributed by atoms with Crippen molar-refractivity contribution >= 4 is 28.3 Å². The number of para-hydroxylation sites is 1. The molecule has 28 heavy (non-hydrogen) atoms. The number of hydrogen-bond acceptors (Lipinski definition) is 5. The predicted molar refractivity (Wildman–Crippen MR) is 102 cm³/mol. The van der Waals surface area contributed by atoms with E-state index in [2.05, 4.69) is 0 Å². The molecule has 0 radical (unpaired) electrons. The lowest BCUT2D eigenvalue weighted by Crippen LogP contribution is -2.20. The molecule has 1 heterocycles. The lowest BCUT2D eigenvalue weighted by atomic mass is 10.0. The normalized spacial score (nSPS) is 10.7. The quantitative estimate of drug-likeness (QED) is 0.382. The molecule has 2 aromatic carbocycles. The summed E-state index contributed by atoms with van der Waals surface area (Å²) in [5.41, 5.74) is 0.116. The summed E-state index contributed by atoms with van der Waals surface area (Å²) in [6.45, 7) is 0.327. The van der Waals surface area contributed by atoms with E-state index in [1.807, 2.05) is 0 Å². The first kappa shape index (κ1) is 19.0. The summed E-state index contributed by atoms with van der Waals surface area (Å²) in [7, 11) is 0. The minimum atomic E-state index is -0.924. The average molecular weight is 380 g/mol. The number of nitrogens with zero attached hydrogens (tertiary/aromatic N) is 2. The molecule has 3 aromatic rings. The fraction of sp³-hybridized carbons (Fsp3) is 0.150. The van der Waals surface area contributed by atoms with Gasteiger partial charge in [-0.2, -0.15) is 0 Å². The van der Waals surface area contributed by atoms with Gasteiger partial charge in [-0.25, -0.2) is 0 Å². The van der Waals surface area contributed by atoms with Crippen LogP contribution in [0.4, 0.5) is 5.69 Å². The molecule has 8 heteroatoms. The number of nitro groups is 1. The molecule has 0 spiro atoms. The van der Waals surface area contributed by atoms with E-state index in [1.165, 1.54) is 30.5 Å². The highest BCUT2D eigenvalue weighted by atomic mass is 16.6. The van der Waals surface area contributed by atoms with Gasteiger partial charge in [-0.3, -0.25) is 24.5 Å². The first-order valence-corrected chi connectivity index (χ1v) is 8.51. The number of aliphatic carboxylic acids is 1. The van der Waals surface area contributed by atoms with Crippen molar-refractivity contribution in [3.63, 3.8) is 0 Å². The maximum absolute atomic E-state index is 12.8. The van der Waals surface area contributed by atoms with E-state index in [9.17, 15) is 24.5 Å². The standard InChI is InChI=1S/C20H16N2O6/c23-18(24)6-3-11-21-12-16(20(26)15-4-1-2-5-17(15)21)19(25)13-7-9-14(10-8-13)22(27)28/h1-2,4-5,7-10,12H,3,6,11H2,(H,23,24). The molecule has 1 aromatic heterocycles. The summed E-state index contributed by atoms with van der Waals surface area (Å²) in [6.07, 6.45) is 1.73. The third-order valence-electron chi connectivity index (χ3n) is 4.36. The Kier molecular flexibility index (Phi) is 5.30. The number of aromatic nitrogens is 1. The fourth-order valence-electron chi connectivity index (χ4n) is 2.98. The van der Waals surface area contributed by atoms with Gasteiger partial charge in [0.05, 0.1) is 16.0 Å². The van der Waals surface area contributed by atoms with Crippen molar-refractivity contribution in [1.82, 2.24) is 4.57 Å². The molecule has 0 amide bonds. The minimum Gasteiger partial charge on any atom is -0.481 e. The Balaban J connectivity index is 2.05. The molecule has 0 unspecified atom stereocenters. The van der Waals surface area contributed by atoms with Crippen LogP contribution < -0.4 is 5.43 Å². The van der Waals surface area contributed by atoms with Crippen molar-refractivity contribution in [2.75, 3.05) is 0 Å². The summed E-state index contributed by atoms with van der Waals surface area (Å²) >= 11 is 0. The number of aryl methyl sites for hydroxylation is 1. The van der Waals surface area contributed by atoms with E-state index in [4.69, 9.17) is 5.11 Å². The third kappa shape index (κ3) is 3.80. The van der Waals surface area contributed by atoms with Gasteiger partial charge in [-0.15, -0.1) is 0 Å². The number of carbonyl (C=O) groups excluding carboxylic acids is 1. The van der Waals surface area contributed by atoms with E-state index in [0.717, 1.165) is 0 Å². The zero-order chi connectivity index (χ0) is 20.3. The van der Waals surface area contributed by atoms with Crippen LogP contribution in [0, 0.1) is 10.1 Å². The van der Waals surface area contributed by atoms with E-state index < -0.39 is 22.1 Å². The Hall–Kier alpha value is -3.81. The predicted octanol–water partition coefficient (Wildman–Crippen LogP) is 3.01. The number of ketones is 1. The van der Waals surface area contributed by atoms with Gasteiger partial charge in [0.15, 0.2) is 5.78 Å². The number of non-ortho nitro benzene ring substituents is 1. The van der Waals surface area contributed by atoms with Gasteiger partial charge in [0, 0.05) is 42.2 Å². The second-order valence-corrected chi connectivity index (χ2v) is 6.21. The van der Waals surface area contributed by atoms with Crippen LogP contribution in [-0.4, -0.2) is 26.3 Å². The number of pyridine rings is 1. The highest BCUT2D eigenvalue weighted by Gasteiger charge is 2.18. The highest BCUT2D eigenvalue weighted by molar-refractivity contribution is 6.10. The Morgan fingerprint density at radius 2 is 1.75 bits per heavy atom. The van der Waals surface area contributed by atoms with Crippen molar-refractivity contribution in [2.24, 2.45) is 0 Å². The van der Waals surface area contributed by atoms with Crippen LogP contribution >= 0.6 is 0 Å². The zero-order valence-electron chi connectivity index (χ0n) is 14.7. The zero-order valence-corrected chi connectivity index (χ0v) is 14.7. The molecular weight excluding hydrogens is 364 g/mol. The lowest BCUT2D eigenvalue weighted by molar-refractivity contribution is -0.384. The maximum Gasteiger partial charge on any atom is 0.303 e. The average Bonchev–Trinajstić information content (AvgIpc) is 2.69. The molecule has 8 nitrogen and oxygen atoms in total. The molecule has 0 aliphatic carbocycles. The number of fused-ring (bicyclic) bond motifs is 1.